The summed E-state index contributed by atoms with van der Waals surface area (Å²) in [6.07, 6.45) is 0. The fourth-order valence-electron chi connectivity index (χ4n) is 0. The zero-order valence-electron chi connectivity index (χ0n) is 2.11. The second kappa shape index (κ2) is 25.9. The Morgan fingerprint density at radius 1 is 1.00 bits per heavy atom. The third-order valence-electron chi connectivity index (χ3n) is 0. The molecule has 0 aromatic rings. The molecular weight excluding hydrogens is 144 g/mol. The maximum Gasteiger partial charge on any atom is 3.00 e. The van der Waals surface area contributed by atoms with Crippen LogP contribution in [-0.2, 0) is 19.5 Å². The van der Waals surface area contributed by atoms with Crippen molar-refractivity contribution in [1.82, 2.24) is 0 Å². The Balaban J connectivity index is 0. The van der Waals surface area contributed by atoms with Gasteiger partial charge in [-0.05, 0) is 0 Å². The van der Waals surface area contributed by atoms with E-state index in [9.17, 15) is 0 Å². The first kappa shape index (κ1) is 53.1. The second-order valence-corrected chi connectivity index (χ2v) is 0. The van der Waals surface area contributed by atoms with Crippen molar-refractivity contribution < 1.29 is 37.4 Å². The SMILES string of the molecule is [Al+3].[Cl-].[OH-].[Zn+2]. The molecule has 0 aliphatic rings. The summed E-state index contributed by atoms with van der Waals surface area (Å²) in [6.45, 7) is 0. The number of hydrogen-bond acceptors (Lipinski definition) is 1. The molecule has 1 N–H and O–H groups in total. The third kappa shape index (κ3) is 9.97. The van der Waals surface area contributed by atoms with Gasteiger partial charge < -0.3 is 17.9 Å². The van der Waals surface area contributed by atoms with E-state index in [1.54, 1.807) is 0 Å². The van der Waals surface area contributed by atoms with Gasteiger partial charge in [0.05, 0.1) is 0 Å². The minimum Gasteiger partial charge on any atom is -1.00 e. The fourth-order valence-corrected chi connectivity index (χ4v) is 0. The van der Waals surface area contributed by atoms with Gasteiger partial charge in [-0.15, -0.1) is 0 Å². The fraction of sp³-hybridized carbons (Fsp3) is 0. The van der Waals surface area contributed by atoms with E-state index in [1.165, 1.54) is 0 Å². The molecule has 0 aromatic heterocycles. The molecular formula is HAlClOZn+3. The van der Waals surface area contributed by atoms with Crippen LogP contribution >= 0.6 is 0 Å². The topological polar surface area (TPSA) is 30.0 Å². The molecule has 0 heterocycles. The van der Waals surface area contributed by atoms with Crippen molar-refractivity contribution in [3.63, 3.8) is 0 Å². The van der Waals surface area contributed by atoms with Crippen LogP contribution in [0.2, 0.25) is 0 Å². The van der Waals surface area contributed by atoms with Crippen molar-refractivity contribution in [2.24, 2.45) is 0 Å². The van der Waals surface area contributed by atoms with Crippen LogP contribution in [0.25, 0.3) is 0 Å². The van der Waals surface area contributed by atoms with Crippen LogP contribution in [0.3, 0.4) is 0 Å². The van der Waals surface area contributed by atoms with Crippen molar-refractivity contribution in [2.45, 2.75) is 0 Å². The third-order valence-corrected chi connectivity index (χ3v) is 0. The molecule has 0 unspecified atom stereocenters. The number of halogens is 1. The van der Waals surface area contributed by atoms with Gasteiger partial charge in [-0.25, -0.2) is 0 Å². The van der Waals surface area contributed by atoms with Gasteiger partial charge in [-0.2, -0.15) is 0 Å². The Morgan fingerprint density at radius 2 is 1.00 bits per heavy atom. The molecule has 1 nitrogen and oxygen atoms in total. The zero-order valence-corrected chi connectivity index (χ0v) is 6.99. The van der Waals surface area contributed by atoms with E-state index in [-0.39, 0.29) is 54.7 Å². The van der Waals surface area contributed by atoms with E-state index in [2.05, 4.69) is 0 Å². The van der Waals surface area contributed by atoms with E-state index in [4.69, 9.17) is 0 Å². The zero-order chi connectivity index (χ0) is 0. The molecule has 0 radical (unpaired) electrons. The van der Waals surface area contributed by atoms with Gasteiger partial charge in [0.1, 0.15) is 0 Å². The Hall–Kier alpha value is 1.41. The molecule has 0 amide bonds. The van der Waals surface area contributed by atoms with Crippen LogP contribution in [0.15, 0.2) is 0 Å². The predicted molar refractivity (Wildman–Crippen MR) is 7.69 cm³/mol. The van der Waals surface area contributed by atoms with Gasteiger partial charge in [0.2, 0.25) is 0 Å². The van der Waals surface area contributed by atoms with Crippen molar-refractivity contribution in [3.8, 4) is 0 Å². The quantitative estimate of drug-likeness (QED) is 0.324. The molecule has 0 atom stereocenters. The van der Waals surface area contributed by atoms with Gasteiger partial charge in [0.15, 0.2) is 0 Å². The van der Waals surface area contributed by atoms with Crippen molar-refractivity contribution in [1.29, 1.82) is 0 Å². The second-order valence-electron chi connectivity index (χ2n) is 0. The summed E-state index contributed by atoms with van der Waals surface area (Å²) in [5.41, 5.74) is 0. The van der Waals surface area contributed by atoms with Crippen LogP contribution in [0.1, 0.15) is 0 Å². The molecule has 0 aromatic carbocycles. The van der Waals surface area contributed by atoms with Gasteiger partial charge in [0, 0.05) is 0 Å². The molecule has 0 saturated carbocycles. The molecule has 0 aliphatic carbocycles. The molecule has 4 heteroatoms. The molecule has 0 rings (SSSR count). The summed E-state index contributed by atoms with van der Waals surface area (Å²) in [6, 6.07) is 0. The van der Waals surface area contributed by atoms with Crippen LogP contribution in [0, 0.1) is 0 Å². The van der Waals surface area contributed by atoms with E-state index in [1.807, 2.05) is 0 Å². The average molecular weight is 145 g/mol. The minimum atomic E-state index is 0. The van der Waals surface area contributed by atoms with Crippen molar-refractivity contribution in [3.05, 3.63) is 0 Å². The normalized spacial score (nSPS) is 0. The standard InChI is InChI=1S/Al.ClH.H2O.Zn/h;1H;1H2;/q+3;;;+2/p-2. The van der Waals surface area contributed by atoms with E-state index in [0.29, 0.717) is 0 Å². The molecule has 16 valence electrons. The van der Waals surface area contributed by atoms with Crippen molar-refractivity contribution >= 4 is 17.4 Å². The van der Waals surface area contributed by atoms with E-state index in [0.717, 1.165) is 0 Å². The molecule has 0 spiro atoms. The molecule has 4 heavy (non-hydrogen) atoms. The Bertz CT molecular complexity index is 8.00. The summed E-state index contributed by atoms with van der Waals surface area (Å²) in [5, 5.41) is 0. The van der Waals surface area contributed by atoms with Crippen LogP contribution in [0.4, 0.5) is 0 Å². The van der Waals surface area contributed by atoms with Crippen LogP contribution in [-0.4, -0.2) is 22.8 Å². The largest absolute Gasteiger partial charge is 3.00 e. The number of hydrogen-bond donors (Lipinski definition) is 0. The Labute approximate surface area is 54.8 Å². The maximum absolute atomic E-state index is 0. The van der Waals surface area contributed by atoms with E-state index < -0.39 is 0 Å². The average Bonchev–Trinajstić information content (AvgIpc) is 0. The predicted octanol–water partition coefficient (Wildman–Crippen LogP) is -3.56. The Kier molecular flexibility index (Phi) is 343. The molecule has 0 fully saturated rings. The molecule has 0 aliphatic heterocycles. The summed E-state index contributed by atoms with van der Waals surface area (Å²) < 4.78 is 0. The van der Waals surface area contributed by atoms with Gasteiger partial charge >= 0.3 is 36.8 Å². The van der Waals surface area contributed by atoms with Gasteiger partial charge in [0.25, 0.3) is 0 Å². The summed E-state index contributed by atoms with van der Waals surface area (Å²) in [4.78, 5) is 0. The minimum absolute atomic E-state index is 0. The van der Waals surface area contributed by atoms with Crippen molar-refractivity contribution in [2.75, 3.05) is 0 Å². The Morgan fingerprint density at radius 3 is 1.00 bits per heavy atom. The molecule has 0 bridgehead atoms. The summed E-state index contributed by atoms with van der Waals surface area (Å²) in [5.74, 6) is 0. The molecule has 0 saturated heterocycles. The first-order valence-corrected chi connectivity index (χ1v) is 0. The summed E-state index contributed by atoms with van der Waals surface area (Å²) in [7, 11) is 0. The van der Waals surface area contributed by atoms with Crippen LogP contribution in [0.5, 0.6) is 0 Å². The monoisotopic (exact) mass is 143 g/mol. The number of rotatable bonds is 0. The van der Waals surface area contributed by atoms with Crippen LogP contribution < -0.4 is 12.4 Å². The first-order valence-electron chi connectivity index (χ1n) is 0. The van der Waals surface area contributed by atoms with Gasteiger partial charge in [-0.3, -0.25) is 0 Å². The van der Waals surface area contributed by atoms with E-state index >= 15 is 0 Å². The maximum atomic E-state index is 0. The van der Waals surface area contributed by atoms with Gasteiger partial charge in [-0.1, -0.05) is 0 Å². The smallest absolute Gasteiger partial charge is 1.00 e. The first-order chi connectivity index (χ1) is 0. The summed E-state index contributed by atoms with van der Waals surface area (Å²) >= 11 is 0.